The van der Waals surface area contributed by atoms with Crippen molar-refractivity contribution in [1.29, 1.82) is 0 Å². The summed E-state index contributed by atoms with van der Waals surface area (Å²) in [5, 5.41) is 20.0. The van der Waals surface area contributed by atoms with E-state index in [1.165, 1.54) is 19.3 Å². The second-order valence-electron chi connectivity index (χ2n) is 5.52. The molecule has 0 aromatic rings. The van der Waals surface area contributed by atoms with E-state index in [2.05, 4.69) is 6.92 Å². The predicted molar refractivity (Wildman–Crippen MR) is 60.5 cm³/mol. The summed E-state index contributed by atoms with van der Waals surface area (Å²) in [6.45, 7) is 2.23. The SMILES string of the molecule is CCC1CCCC(C(O)C(O)C2CC2)C1. The Morgan fingerprint density at radius 2 is 1.67 bits per heavy atom. The van der Waals surface area contributed by atoms with Gasteiger partial charge in [-0.05, 0) is 43.4 Å². The largest absolute Gasteiger partial charge is 0.390 e. The third kappa shape index (κ3) is 2.73. The van der Waals surface area contributed by atoms with Gasteiger partial charge in [0.2, 0.25) is 0 Å². The Morgan fingerprint density at radius 1 is 1.00 bits per heavy atom. The molecule has 4 atom stereocenters. The van der Waals surface area contributed by atoms with Crippen LogP contribution in [0, 0.1) is 17.8 Å². The van der Waals surface area contributed by atoms with Crippen LogP contribution in [-0.2, 0) is 0 Å². The Labute approximate surface area is 92.7 Å². The molecule has 2 saturated carbocycles. The standard InChI is InChI=1S/C13H24O2/c1-2-9-4-3-5-11(8-9)13(15)12(14)10-6-7-10/h9-15H,2-8H2,1H3. The molecule has 0 amide bonds. The molecular weight excluding hydrogens is 188 g/mol. The molecule has 2 fully saturated rings. The van der Waals surface area contributed by atoms with Gasteiger partial charge in [0.15, 0.2) is 0 Å². The molecule has 2 rings (SSSR count). The predicted octanol–water partition coefficient (Wildman–Crippen LogP) is 2.33. The molecule has 88 valence electrons. The van der Waals surface area contributed by atoms with Crippen molar-refractivity contribution in [2.24, 2.45) is 17.8 Å². The van der Waals surface area contributed by atoms with Crippen LogP contribution in [-0.4, -0.2) is 22.4 Å². The van der Waals surface area contributed by atoms with E-state index in [0.29, 0.717) is 11.8 Å². The fourth-order valence-corrected chi connectivity index (χ4v) is 3.01. The molecule has 2 heteroatoms. The van der Waals surface area contributed by atoms with Gasteiger partial charge in [0.05, 0.1) is 12.2 Å². The lowest BCUT2D eigenvalue weighted by Gasteiger charge is -2.33. The summed E-state index contributed by atoms with van der Waals surface area (Å²) in [5.74, 6) is 1.55. The average Bonchev–Trinajstić information content (AvgIpc) is 3.11. The van der Waals surface area contributed by atoms with Crippen molar-refractivity contribution in [2.75, 3.05) is 0 Å². The van der Waals surface area contributed by atoms with Crippen LogP contribution in [0.4, 0.5) is 0 Å². The van der Waals surface area contributed by atoms with Gasteiger partial charge < -0.3 is 10.2 Å². The monoisotopic (exact) mass is 212 g/mol. The highest BCUT2D eigenvalue weighted by Gasteiger charge is 2.39. The summed E-state index contributed by atoms with van der Waals surface area (Å²) in [6, 6.07) is 0. The van der Waals surface area contributed by atoms with Gasteiger partial charge in [-0.15, -0.1) is 0 Å². The van der Waals surface area contributed by atoms with E-state index in [1.807, 2.05) is 0 Å². The van der Waals surface area contributed by atoms with Crippen molar-refractivity contribution in [2.45, 2.75) is 64.1 Å². The van der Waals surface area contributed by atoms with E-state index in [-0.39, 0.29) is 0 Å². The van der Waals surface area contributed by atoms with E-state index in [9.17, 15) is 10.2 Å². The zero-order chi connectivity index (χ0) is 10.8. The Balaban J connectivity index is 1.85. The highest BCUT2D eigenvalue weighted by atomic mass is 16.3. The molecule has 2 N–H and O–H groups in total. The maximum absolute atomic E-state index is 10.1. The number of hydrogen-bond acceptors (Lipinski definition) is 2. The fraction of sp³-hybridized carbons (Fsp3) is 1.00. The fourth-order valence-electron chi connectivity index (χ4n) is 3.01. The normalized spacial score (nSPS) is 36.2. The smallest absolute Gasteiger partial charge is 0.0830 e. The average molecular weight is 212 g/mol. The van der Waals surface area contributed by atoms with Crippen molar-refractivity contribution >= 4 is 0 Å². The van der Waals surface area contributed by atoms with Crippen LogP contribution < -0.4 is 0 Å². The van der Waals surface area contributed by atoms with E-state index in [0.717, 1.165) is 31.6 Å². The zero-order valence-electron chi connectivity index (χ0n) is 9.73. The molecule has 0 bridgehead atoms. The molecule has 0 radical (unpaired) electrons. The van der Waals surface area contributed by atoms with Gasteiger partial charge in [0.1, 0.15) is 0 Å². The molecule has 4 unspecified atom stereocenters. The van der Waals surface area contributed by atoms with Crippen molar-refractivity contribution in [3.63, 3.8) is 0 Å². The van der Waals surface area contributed by atoms with Gasteiger partial charge in [0.25, 0.3) is 0 Å². The molecule has 2 aliphatic rings. The van der Waals surface area contributed by atoms with Gasteiger partial charge in [-0.3, -0.25) is 0 Å². The second kappa shape index (κ2) is 4.84. The van der Waals surface area contributed by atoms with Crippen molar-refractivity contribution < 1.29 is 10.2 Å². The highest BCUT2D eigenvalue weighted by molar-refractivity contribution is 4.90. The first-order chi connectivity index (χ1) is 7.22. The van der Waals surface area contributed by atoms with Gasteiger partial charge >= 0.3 is 0 Å². The van der Waals surface area contributed by atoms with E-state index in [4.69, 9.17) is 0 Å². The summed E-state index contributed by atoms with van der Waals surface area (Å²) in [4.78, 5) is 0. The van der Waals surface area contributed by atoms with Crippen LogP contribution in [0.5, 0.6) is 0 Å². The van der Waals surface area contributed by atoms with Gasteiger partial charge in [0, 0.05) is 0 Å². The third-order valence-electron chi connectivity index (χ3n) is 4.34. The summed E-state index contributed by atoms with van der Waals surface area (Å²) >= 11 is 0. The van der Waals surface area contributed by atoms with Gasteiger partial charge in [-0.25, -0.2) is 0 Å². The molecule has 0 aliphatic heterocycles. The van der Waals surface area contributed by atoms with Crippen molar-refractivity contribution in [3.05, 3.63) is 0 Å². The van der Waals surface area contributed by atoms with Crippen LogP contribution in [0.25, 0.3) is 0 Å². The van der Waals surface area contributed by atoms with Crippen molar-refractivity contribution in [1.82, 2.24) is 0 Å². The molecule has 0 aromatic carbocycles. The summed E-state index contributed by atoms with van der Waals surface area (Å²) in [5.41, 5.74) is 0. The molecule has 0 heterocycles. The van der Waals surface area contributed by atoms with Crippen LogP contribution in [0.2, 0.25) is 0 Å². The molecular formula is C13H24O2. The summed E-state index contributed by atoms with van der Waals surface area (Å²) < 4.78 is 0. The Bertz CT molecular complexity index is 201. The van der Waals surface area contributed by atoms with Crippen LogP contribution >= 0.6 is 0 Å². The van der Waals surface area contributed by atoms with Crippen LogP contribution in [0.1, 0.15) is 51.9 Å². The maximum atomic E-state index is 10.1. The lowest BCUT2D eigenvalue weighted by molar-refractivity contribution is -0.0431. The molecule has 2 nitrogen and oxygen atoms in total. The lowest BCUT2D eigenvalue weighted by Crippen LogP contribution is -2.37. The van der Waals surface area contributed by atoms with Crippen LogP contribution in [0.15, 0.2) is 0 Å². The number of aliphatic hydroxyl groups is 2. The van der Waals surface area contributed by atoms with Crippen LogP contribution in [0.3, 0.4) is 0 Å². The Morgan fingerprint density at radius 3 is 2.27 bits per heavy atom. The van der Waals surface area contributed by atoms with E-state index in [1.54, 1.807) is 0 Å². The summed E-state index contributed by atoms with van der Waals surface area (Å²) in [7, 11) is 0. The lowest BCUT2D eigenvalue weighted by atomic mass is 9.76. The molecule has 0 spiro atoms. The molecule has 15 heavy (non-hydrogen) atoms. The van der Waals surface area contributed by atoms with E-state index < -0.39 is 12.2 Å². The maximum Gasteiger partial charge on any atom is 0.0830 e. The topological polar surface area (TPSA) is 40.5 Å². The minimum absolute atomic E-state index is 0.360. The Hall–Kier alpha value is -0.0800. The molecule has 0 aromatic heterocycles. The number of hydrogen-bond donors (Lipinski definition) is 2. The van der Waals surface area contributed by atoms with Gasteiger partial charge in [-0.1, -0.05) is 26.2 Å². The minimum atomic E-state index is -0.452. The first-order valence-electron chi connectivity index (χ1n) is 6.58. The second-order valence-corrected chi connectivity index (χ2v) is 5.52. The zero-order valence-corrected chi connectivity index (χ0v) is 9.73. The Kier molecular flexibility index (Phi) is 3.68. The quantitative estimate of drug-likeness (QED) is 0.751. The molecule has 0 saturated heterocycles. The highest BCUT2D eigenvalue weighted by Crippen LogP contribution is 2.39. The van der Waals surface area contributed by atoms with E-state index >= 15 is 0 Å². The number of aliphatic hydroxyl groups excluding tert-OH is 2. The summed E-state index contributed by atoms with van der Waals surface area (Å²) in [6.07, 6.45) is 7.35. The third-order valence-corrected chi connectivity index (χ3v) is 4.34. The number of rotatable bonds is 4. The first kappa shape index (κ1) is 11.4. The van der Waals surface area contributed by atoms with Crippen molar-refractivity contribution in [3.8, 4) is 0 Å². The first-order valence-corrected chi connectivity index (χ1v) is 6.58. The van der Waals surface area contributed by atoms with Gasteiger partial charge in [-0.2, -0.15) is 0 Å². The minimum Gasteiger partial charge on any atom is -0.390 e. The molecule has 2 aliphatic carbocycles.